The van der Waals surface area contributed by atoms with Gasteiger partial charge in [0.25, 0.3) is 0 Å². The third-order valence-corrected chi connectivity index (χ3v) is 2.61. The van der Waals surface area contributed by atoms with Gasteiger partial charge in [-0.15, -0.1) is 6.42 Å². The van der Waals surface area contributed by atoms with E-state index in [-0.39, 0.29) is 12.6 Å². The molecule has 0 aromatic heterocycles. The predicted molar refractivity (Wildman–Crippen MR) is 69.8 cm³/mol. The minimum absolute atomic E-state index is 0.152. The van der Waals surface area contributed by atoms with E-state index >= 15 is 0 Å². The predicted octanol–water partition coefficient (Wildman–Crippen LogP) is 2.56. The van der Waals surface area contributed by atoms with Crippen molar-refractivity contribution in [1.29, 1.82) is 0 Å². The fraction of sp³-hybridized carbons (Fsp3) is 0.250. The van der Waals surface area contributed by atoms with Gasteiger partial charge in [0.1, 0.15) is 6.61 Å². The first-order chi connectivity index (χ1) is 7.67. The van der Waals surface area contributed by atoms with E-state index in [2.05, 4.69) is 28.5 Å². The van der Waals surface area contributed by atoms with Gasteiger partial charge in [0.05, 0.1) is 0 Å². The standard InChI is InChI=1S/C12H11IO3/c1-3-6-15-12-7-10(8-13)4-5-11(12)16-9(2)14/h1,4-5,7H,6,8H2,2H3. The van der Waals surface area contributed by atoms with Crippen molar-refractivity contribution in [3.63, 3.8) is 0 Å². The number of hydrogen-bond donors (Lipinski definition) is 0. The highest BCUT2D eigenvalue weighted by molar-refractivity contribution is 14.1. The Morgan fingerprint density at radius 2 is 2.25 bits per heavy atom. The van der Waals surface area contributed by atoms with Crippen LogP contribution in [0.4, 0.5) is 0 Å². The Morgan fingerprint density at radius 3 is 2.81 bits per heavy atom. The summed E-state index contributed by atoms with van der Waals surface area (Å²) in [5.41, 5.74) is 1.09. The van der Waals surface area contributed by atoms with E-state index in [9.17, 15) is 4.79 Å². The highest BCUT2D eigenvalue weighted by Crippen LogP contribution is 2.29. The van der Waals surface area contributed by atoms with Gasteiger partial charge in [-0.2, -0.15) is 0 Å². The zero-order valence-electron chi connectivity index (χ0n) is 8.83. The average Bonchev–Trinajstić information content (AvgIpc) is 2.27. The zero-order valence-corrected chi connectivity index (χ0v) is 11.0. The number of ether oxygens (including phenoxy) is 2. The molecule has 0 aliphatic carbocycles. The van der Waals surface area contributed by atoms with Gasteiger partial charge in [0, 0.05) is 11.4 Å². The van der Waals surface area contributed by atoms with E-state index in [0.29, 0.717) is 11.5 Å². The minimum Gasteiger partial charge on any atom is -0.477 e. The van der Waals surface area contributed by atoms with Crippen LogP contribution in [0.1, 0.15) is 12.5 Å². The van der Waals surface area contributed by atoms with Crippen molar-refractivity contribution >= 4 is 28.6 Å². The van der Waals surface area contributed by atoms with E-state index in [1.807, 2.05) is 12.1 Å². The maximum atomic E-state index is 10.9. The van der Waals surface area contributed by atoms with Gasteiger partial charge in [-0.05, 0) is 17.7 Å². The smallest absolute Gasteiger partial charge is 0.308 e. The Labute approximate surface area is 108 Å². The Balaban J connectivity index is 2.96. The number of esters is 1. The molecule has 0 saturated heterocycles. The van der Waals surface area contributed by atoms with Crippen molar-refractivity contribution in [3.8, 4) is 23.8 Å². The minimum atomic E-state index is -0.382. The van der Waals surface area contributed by atoms with Crippen molar-refractivity contribution in [2.45, 2.75) is 11.4 Å². The largest absolute Gasteiger partial charge is 0.477 e. The van der Waals surface area contributed by atoms with Crippen LogP contribution in [0.25, 0.3) is 0 Å². The Morgan fingerprint density at radius 1 is 1.50 bits per heavy atom. The summed E-state index contributed by atoms with van der Waals surface area (Å²) in [6, 6.07) is 5.41. The Kier molecular flexibility index (Phi) is 5.12. The SMILES string of the molecule is C#CCOc1cc(CI)ccc1OC(C)=O. The second kappa shape index (κ2) is 6.38. The fourth-order valence-corrected chi connectivity index (χ4v) is 1.58. The quantitative estimate of drug-likeness (QED) is 0.280. The molecule has 0 atom stereocenters. The second-order valence-electron chi connectivity index (χ2n) is 3.00. The van der Waals surface area contributed by atoms with Crippen molar-refractivity contribution in [3.05, 3.63) is 23.8 Å². The van der Waals surface area contributed by atoms with E-state index in [1.54, 1.807) is 6.07 Å². The average molecular weight is 330 g/mol. The first-order valence-corrected chi connectivity index (χ1v) is 6.13. The molecule has 0 heterocycles. The summed E-state index contributed by atoms with van der Waals surface area (Å²) in [7, 11) is 0. The van der Waals surface area contributed by atoms with Gasteiger partial charge in [-0.3, -0.25) is 4.79 Å². The molecular formula is C12H11IO3. The number of halogens is 1. The molecule has 4 heteroatoms. The molecule has 16 heavy (non-hydrogen) atoms. The number of carbonyl (C=O) groups is 1. The van der Waals surface area contributed by atoms with Gasteiger partial charge >= 0.3 is 5.97 Å². The van der Waals surface area contributed by atoms with Gasteiger partial charge in [0.2, 0.25) is 0 Å². The molecule has 0 bridgehead atoms. The van der Waals surface area contributed by atoms with Crippen LogP contribution in [0, 0.1) is 12.3 Å². The third-order valence-electron chi connectivity index (χ3n) is 1.73. The lowest BCUT2D eigenvalue weighted by molar-refractivity contribution is -0.132. The van der Waals surface area contributed by atoms with Gasteiger partial charge in [0.15, 0.2) is 11.5 Å². The molecule has 1 rings (SSSR count). The molecule has 0 unspecified atom stereocenters. The number of hydrogen-bond acceptors (Lipinski definition) is 3. The molecule has 1 aromatic rings. The maximum absolute atomic E-state index is 10.9. The number of terminal acetylenes is 1. The molecule has 0 aliphatic rings. The van der Waals surface area contributed by atoms with Crippen LogP contribution in [0.5, 0.6) is 11.5 Å². The summed E-state index contributed by atoms with van der Waals surface area (Å²) in [4.78, 5) is 10.9. The number of alkyl halides is 1. The Bertz CT molecular complexity index is 421. The summed E-state index contributed by atoms with van der Waals surface area (Å²) in [5, 5.41) is 0. The van der Waals surface area contributed by atoms with Crippen LogP contribution in [0.2, 0.25) is 0 Å². The van der Waals surface area contributed by atoms with Crippen LogP contribution in [-0.4, -0.2) is 12.6 Å². The van der Waals surface area contributed by atoms with E-state index in [1.165, 1.54) is 6.92 Å². The molecule has 0 radical (unpaired) electrons. The van der Waals surface area contributed by atoms with Crippen molar-refractivity contribution in [1.82, 2.24) is 0 Å². The molecule has 0 spiro atoms. The van der Waals surface area contributed by atoms with Crippen molar-refractivity contribution in [2.24, 2.45) is 0 Å². The number of rotatable bonds is 4. The van der Waals surface area contributed by atoms with Crippen molar-refractivity contribution < 1.29 is 14.3 Å². The second-order valence-corrected chi connectivity index (χ2v) is 3.76. The molecule has 0 saturated carbocycles. The van der Waals surface area contributed by atoms with Crippen LogP contribution >= 0.6 is 22.6 Å². The molecule has 0 N–H and O–H groups in total. The van der Waals surface area contributed by atoms with Crippen LogP contribution in [0.3, 0.4) is 0 Å². The topological polar surface area (TPSA) is 35.5 Å². The van der Waals surface area contributed by atoms with Crippen LogP contribution in [0.15, 0.2) is 18.2 Å². The van der Waals surface area contributed by atoms with Gasteiger partial charge in [-0.25, -0.2) is 0 Å². The Hall–Kier alpha value is -1.22. The zero-order chi connectivity index (χ0) is 12.0. The van der Waals surface area contributed by atoms with E-state index < -0.39 is 0 Å². The van der Waals surface area contributed by atoms with Crippen LogP contribution in [-0.2, 0) is 9.22 Å². The molecule has 0 amide bonds. The van der Waals surface area contributed by atoms with E-state index in [4.69, 9.17) is 15.9 Å². The van der Waals surface area contributed by atoms with Gasteiger partial charge < -0.3 is 9.47 Å². The first kappa shape index (κ1) is 12.8. The van der Waals surface area contributed by atoms with Crippen molar-refractivity contribution in [2.75, 3.05) is 6.61 Å². The molecule has 3 nitrogen and oxygen atoms in total. The lowest BCUT2D eigenvalue weighted by Crippen LogP contribution is -2.04. The first-order valence-electron chi connectivity index (χ1n) is 4.61. The summed E-state index contributed by atoms with van der Waals surface area (Å²) >= 11 is 2.24. The van der Waals surface area contributed by atoms with E-state index in [0.717, 1.165) is 9.99 Å². The molecule has 84 valence electrons. The summed E-state index contributed by atoms with van der Waals surface area (Å²) in [6.07, 6.45) is 5.11. The normalized spacial score (nSPS) is 9.31. The molecule has 0 aliphatic heterocycles. The number of carbonyl (C=O) groups excluding carboxylic acids is 1. The molecule has 1 aromatic carbocycles. The lowest BCUT2D eigenvalue weighted by Gasteiger charge is -2.10. The maximum Gasteiger partial charge on any atom is 0.308 e. The van der Waals surface area contributed by atoms with Crippen LogP contribution < -0.4 is 9.47 Å². The lowest BCUT2D eigenvalue weighted by atomic mass is 10.2. The summed E-state index contributed by atoms with van der Waals surface area (Å²) < 4.78 is 11.2. The summed E-state index contributed by atoms with van der Waals surface area (Å²) in [6.45, 7) is 1.50. The number of benzene rings is 1. The highest BCUT2D eigenvalue weighted by Gasteiger charge is 2.08. The fourth-order valence-electron chi connectivity index (χ4n) is 1.11. The summed E-state index contributed by atoms with van der Waals surface area (Å²) in [5.74, 6) is 2.89. The third kappa shape index (κ3) is 3.74. The van der Waals surface area contributed by atoms with Gasteiger partial charge in [-0.1, -0.05) is 34.6 Å². The highest BCUT2D eigenvalue weighted by atomic mass is 127. The molecule has 0 fully saturated rings. The monoisotopic (exact) mass is 330 g/mol. The molecular weight excluding hydrogens is 319 g/mol.